The predicted molar refractivity (Wildman–Crippen MR) is 95.6 cm³/mol. The lowest BCUT2D eigenvalue weighted by atomic mass is 10.1. The Balaban J connectivity index is 2.08. The normalized spacial score (nSPS) is 12.3. The summed E-state index contributed by atoms with van der Waals surface area (Å²) >= 11 is 0. The van der Waals surface area contributed by atoms with Gasteiger partial charge in [-0.05, 0) is 24.6 Å². The monoisotopic (exact) mass is 306 g/mol. The first-order chi connectivity index (χ1) is 10.8. The first-order valence-electron chi connectivity index (χ1n) is 7.44. The zero-order valence-corrected chi connectivity index (χ0v) is 13.4. The van der Waals surface area contributed by atoms with Crippen molar-refractivity contribution < 1.29 is 5.11 Å². The molecule has 3 aromatic carbocycles. The van der Waals surface area contributed by atoms with Crippen molar-refractivity contribution in [3.05, 3.63) is 90.5 Å². The number of hydrogen-bond acceptors (Lipinski definition) is 1. The summed E-state index contributed by atoms with van der Waals surface area (Å²) in [6.45, 7) is 2.21. The highest BCUT2D eigenvalue weighted by Crippen LogP contribution is 2.50. The van der Waals surface area contributed by atoms with E-state index < -0.39 is 7.92 Å². The molecule has 1 atom stereocenters. The van der Waals surface area contributed by atoms with Gasteiger partial charge in [-0.3, -0.25) is 0 Å². The van der Waals surface area contributed by atoms with Gasteiger partial charge in [0, 0.05) is 11.2 Å². The second kappa shape index (κ2) is 6.77. The zero-order chi connectivity index (χ0) is 15.4. The van der Waals surface area contributed by atoms with Gasteiger partial charge < -0.3 is 5.11 Å². The molecule has 0 amide bonds. The first-order valence-corrected chi connectivity index (χ1v) is 8.85. The van der Waals surface area contributed by atoms with Crippen LogP contribution in [-0.4, -0.2) is 5.11 Å². The second-order valence-corrected chi connectivity index (χ2v) is 7.82. The van der Waals surface area contributed by atoms with Crippen LogP contribution >= 0.6 is 7.92 Å². The third-order valence-electron chi connectivity index (χ3n) is 3.84. The number of aromatic hydroxyl groups is 1. The van der Waals surface area contributed by atoms with Gasteiger partial charge in [0.15, 0.2) is 0 Å². The van der Waals surface area contributed by atoms with Crippen LogP contribution in [0, 0.1) is 0 Å². The van der Waals surface area contributed by atoms with Crippen LogP contribution in [0.1, 0.15) is 18.1 Å². The van der Waals surface area contributed by atoms with E-state index in [0.29, 0.717) is 5.75 Å². The first kappa shape index (κ1) is 14.8. The topological polar surface area (TPSA) is 20.2 Å². The van der Waals surface area contributed by atoms with E-state index in [9.17, 15) is 5.11 Å². The van der Waals surface area contributed by atoms with Crippen molar-refractivity contribution in [1.29, 1.82) is 0 Å². The maximum Gasteiger partial charge on any atom is 0.119 e. The number of hydrogen-bond donors (Lipinski definition) is 1. The molecule has 0 aliphatic heterocycles. The maximum absolute atomic E-state index is 10.2. The molecule has 0 saturated carbocycles. The van der Waals surface area contributed by atoms with Gasteiger partial charge in [0.25, 0.3) is 0 Å². The van der Waals surface area contributed by atoms with Gasteiger partial charge in [-0.25, -0.2) is 0 Å². The quantitative estimate of drug-likeness (QED) is 0.699. The van der Waals surface area contributed by atoms with Crippen molar-refractivity contribution in [1.82, 2.24) is 0 Å². The molecule has 3 aromatic rings. The van der Waals surface area contributed by atoms with E-state index in [1.165, 1.54) is 10.6 Å². The van der Waals surface area contributed by atoms with Gasteiger partial charge in [-0.1, -0.05) is 85.8 Å². The van der Waals surface area contributed by atoms with E-state index in [2.05, 4.69) is 55.5 Å². The molecule has 0 saturated heterocycles. The molecule has 22 heavy (non-hydrogen) atoms. The molecule has 1 N–H and O–H groups in total. The van der Waals surface area contributed by atoms with Crippen molar-refractivity contribution >= 4 is 18.5 Å². The average Bonchev–Trinajstić information content (AvgIpc) is 2.57. The SMILES string of the molecule is CC(c1ccccc1O)P(c1ccccc1)c1ccccc1. The van der Waals surface area contributed by atoms with E-state index in [0.717, 1.165) is 5.56 Å². The minimum atomic E-state index is -0.565. The predicted octanol–water partition coefficient (Wildman–Crippen LogP) is 4.59. The van der Waals surface area contributed by atoms with Crippen molar-refractivity contribution in [2.75, 3.05) is 0 Å². The standard InChI is InChI=1S/C20H19OP/c1-16(19-14-8-9-15-20(19)21)22(17-10-4-2-5-11-17)18-12-6-3-7-13-18/h2-16,21H,1H3. The molecule has 0 radical (unpaired) electrons. The van der Waals surface area contributed by atoms with Crippen LogP contribution in [0.15, 0.2) is 84.9 Å². The van der Waals surface area contributed by atoms with Gasteiger partial charge in [-0.2, -0.15) is 0 Å². The molecular formula is C20H19OP. The van der Waals surface area contributed by atoms with E-state index in [-0.39, 0.29) is 5.66 Å². The van der Waals surface area contributed by atoms with E-state index in [1.807, 2.05) is 30.3 Å². The fourth-order valence-electron chi connectivity index (χ4n) is 2.75. The number of rotatable bonds is 4. The summed E-state index contributed by atoms with van der Waals surface area (Å²) in [5, 5.41) is 12.9. The van der Waals surface area contributed by atoms with Gasteiger partial charge in [0.05, 0.1) is 0 Å². The molecule has 110 valence electrons. The summed E-state index contributed by atoms with van der Waals surface area (Å²) < 4.78 is 0. The van der Waals surface area contributed by atoms with Crippen molar-refractivity contribution in [3.8, 4) is 5.75 Å². The summed E-state index contributed by atoms with van der Waals surface area (Å²) in [4.78, 5) is 0. The van der Waals surface area contributed by atoms with Gasteiger partial charge in [-0.15, -0.1) is 0 Å². The van der Waals surface area contributed by atoms with E-state index in [4.69, 9.17) is 0 Å². The Hall–Kier alpha value is -2.11. The lowest BCUT2D eigenvalue weighted by molar-refractivity contribution is 0.468. The van der Waals surface area contributed by atoms with Crippen LogP contribution in [0.4, 0.5) is 0 Å². The average molecular weight is 306 g/mol. The van der Waals surface area contributed by atoms with Crippen LogP contribution in [0.3, 0.4) is 0 Å². The molecule has 1 nitrogen and oxygen atoms in total. The lowest BCUT2D eigenvalue weighted by Gasteiger charge is -2.26. The van der Waals surface area contributed by atoms with Crippen LogP contribution in [0.5, 0.6) is 5.75 Å². The highest BCUT2D eigenvalue weighted by molar-refractivity contribution is 7.73. The van der Waals surface area contributed by atoms with Crippen molar-refractivity contribution in [2.24, 2.45) is 0 Å². The molecule has 0 aromatic heterocycles. The van der Waals surface area contributed by atoms with E-state index >= 15 is 0 Å². The molecule has 0 aliphatic carbocycles. The summed E-state index contributed by atoms with van der Waals surface area (Å²) in [5.74, 6) is 0.384. The van der Waals surface area contributed by atoms with Crippen LogP contribution in [-0.2, 0) is 0 Å². The highest BCUT2D eigenvalue weighted by Gasteiger charge is 2.23. The fraction of sp³-hybridized carbons (Fsp3) is 0.100. The minimum absolute atomic E-state index is 0.251. The number of benzene rings is 3. The van der Waals surface area contributed by atoms with Crippen molar-refractivity contribution in [2.45, 2.75) is 12.6 Å². The summed E-state index contributed by atoms with van der Waals surface area (Å²) in [5.41, 5.74) is 1.27. The third kappa shape index (κ3) is 3.05. The molecule has 2 heteroatoms. The molecule has 0 bridgehead atoms. The molecule has 1 unspecified atom stereocenters. The summed E-state index contributed by atoms with van der Waals surface area (Å²) in [6, 6.07) is 28.9. The smallest absolute Gasteiger partial charge is 0.119 e. The molecule has 0 heterocycles. The van der Waals surface area contributed by atoms with Crippen molar-refractivity contribution in [3.63, 3.8) is 0 Å². The zero-order valence-electron chi connectivity index (χ0n) is 12.6. The minimum Gasteiger partial charge on any atom is -0.508 e. The number of para-hydroxylation sites is 1. The fourth-order valence-corrected chi connectivity index (χ4v) is 5.43. The third-order valence-corrected chi connectivity index (χ3v) is 6.60. The van der Waals surface area contributed by atoms with Gasteiger partial charge in [0.1, 0.15) is 5.75 Å². The molecule has 0 aliphatic rings. The molecule has 0 fully saturated rings. The van der Waals surface area contributed by atoms with Crippen LogP contribution < -0.4 is 10.6 Å². The Morgan fingerprint density at radius 1 is 0.682 bits per heavy atom. The second-order valence-electron chi connectivity index (χ2n) is 5.28. The van der Waals surface area contributed by atoms with Crippen LogP contribution in [0.25, 0.3) is 0 Å². The highest BCUT2D eigenvalue weighted by atomic mass is 31.1. The van der Waals surface area contributed by atoms with E-state index in [1.54, 1.807) is 6.07 Å². The van der Waals surface area contributed by atoms with Gasteiger partial charge >= 0.3 is 0 Å². The number of phenolic OH excluding ortho intramolecular Hbond substituents is 1. The van der Waals surface area contributed by atoms with Gasteiger partial charge in [0.2, 0.25) is 0 Å². The summed E-state index contributed by atoms with van der Waals surface area (Å²) in [6.07, 6.45) is 0. The molecule has 0 spiro atoms. The Morgan fingerprint density at radius 2 is 1.14 bits per heavy atom. The lowest BCUT2D eigenvalue weighted by Crippen LogP contribution is -2.15. The Morgan fingerprint density at radius 3 is 1.64 bits per heavy atom. The number of phenols is 1. The Kier molecular flexibility index (Phi) is 4.56. The Bertz CT molecular complexity index is 685. The molecule has 3 rings (SSSR count). The van der Waals surface area contributed by atoms with Crippen LogP contribution in [0.2, 0.25) is 0 Å². The summed E-state index contributed by atoms with van der Waals surface area (Å²) in [7, 11) is -0.565. The maximum atomic E-state index is 10.2. The largest absolute Gasteiger partial charge is 0.508 e. The Labute approximate surface area is 133 Å². The molecular weight excluding hydrogens is 287 g/mol.